The van der Waals surface area contributed by atoms with E-state index >= 15 is 0 Å². The summed E-state index contributed by atoms with van der Waals surface area (Å²) in [5, 5.41) is 2.17. The zero-order valence-corrected chi connectivity index (χ0v) is 15.0. The molecule has 3 aromatic rings. The van der Waals surface area contributed by atoms with Gasteiger partial charge in [0.1, 0.15) is 16.5 Å². The molecule has 0 atom stereocenters. The number of aryl methyl sites for hydroxylation is 1. The Morgan fingerprint density at radius 2 is 1.91 bits per heavy atom. The number of pyridine rings is 1. The van der Waals surface area contributed by atoms with Crippen LogP contribution in [0, 0.1) is 10.5 Å². The second-order valence-corrected chi connectivity index (χ2v) is 6.89. The average molecular weight is 450 g/mol. The maximum Gasteiger partial charge on any atom is 0.434 e. The van der Waals surface area contributed by atoms with Gasteiger partial charge in [0.2, 0.25) is 0 Å². The molecular formula is C15H10F3IN2OS. The van der Waals surface area contributed by atoms with Gasteiger partial charge in [-0.05, 0) is 53.3 Å². The van der Waals surface area contributed by atoms with Crippen molar-refractivity contribution in [3.8, 4) is 16.5 Å². The summed E-state index contributed by atoms with van der Waals surface area (Å²) in [6.45, 7) is 1.89. The van der Waals surface area contributed by atoms with Gasteiger partial charge in [0.15, 0.2) is 5.69 Å². The minimum Gasteiger partial charge on any atom is -0.497 e. The molecule has 23 heavy (non-hydrogen) atoms. The van der Waals surface area contributed by atoms with E-state index in [1.165, 1.54) is 0 Å². The Kier molecular flexibility index (Phi) is 4.21. The molecule has 0 unspecified atom stereocenters. The van der Waals surface area contributed by atoms with Crippen LogP contribution in [0.1, 0.15) is 11.3 Å². The lowest BCUT2D eigenvalue weighted by molar-refractivity contribution is -0.140. The number of hydrogen-bond donors (Lipinski definition) is 0. The van der Waals surface area contributed by atoms with E-state index in [9.17, 15) is 13.2 Å². The molecule has 2 heterocycles. The van der Waals surface area contributed by atoms with Gasteiger partial charge < -0.3 is 4.74 Å². The number of methoxy groups -OCH3 is 1. The van der Waals surface area contributed by atoms with Gasteiger partial charge in [0.05, 0.1) is 12.6 Å². The number of thiazole rings is 1. The minimum atomic E-state index is -4.44. The second kappa shape index (κ2) is 5.90. The molecule has 2 aromatic heterocycles. The van der Waals surface area contributed by atoms with Crippen LogP contribution in [-0.2, 0) is 6.18 Å². The van der Waals surface area contributed by atoms with Crippen LogP contribution in [0.2, 0.25) is 0 Å². The van der Waals surface area contributed by atoms with Crippen LogP contribution in [0.25, 0.3) is 21.6 Å². The third-order valence-corrected chi connectivity index (χ3v) is 5.03. The predicted octanol–water partition coefficient (Wildman–Crippen LogP) is 5.30. The monoisotopic (exact) mass is 450 g/mol. The van der Waals surface area contributed by atoms with Crippen molar-refractivity contribution in [2.75, 3.05) is 7.11 Å². The van der Waals surface area contributed by atoms with Gasteiger partial charge in [0, 0.05) is 14.3 Å². The lowest BCUT2D eigenvalue weighted by Crippen LogP contribution is -2.05. The molecule has 0 N–H and O–H groups in total. The summed E-state index contributed by atoms with van der Waals surface area (Å²) in [6.07, 6.45) is -4.44. The molecule has 0 spiro atoms. The average Bonchev–Trinajstić information content (AvgIpc) is 2.97. The summed E-state index contributed by atoms with van der Waals surface area (Å²) in [7, 11) is 1.59. The van der Waals surface area contributed by atoms with Crippen molar-refractivity contribution in [3.05, 3.63) is 38.4 Å². The van der Waals surface area contributed by atoms with Crippen molar-refractivity contribution in [2.45, 2.75) is 13.1 Å². The van der Waals surface area contributed by atoms with Gasteiger partial charge in [-0.15, -0.1) is 11.3 Å². The van der Waals surface area contributed by atoms with Crippen LogP contribution in [0.5, 0.6) is 5.75 Å². The maximum atomic E-state index is 12.7. The molecule has 120 valence electrons. The van der Waals surface area contributed by atoms with E-state index in [-0.39, 0.29) is 5.01 Å². The van der Waals surface area contributed by atoms with Crippen LogP contribution in [-0.4, -0.2) is 17.1 Å². The number of benzene rings is 1. The zero-order valence-electron chi connectivity index (χ0n) is 12.0. The highest BCUT2D eigenvalue weighted by molar-refractivity contribution is 14.1. The molecule has 0 radical (unpaired) electrons. The smallest absolute Gasteiger partial charge is 0.434 e. The van der Waals surface area contributed by atoms with E-state index in [0.29, 0.717) is 5.69 Å². The highest BCUT2D eigenvalue weighted by Gasteiger charge is 2.34. The minimum absolute atomic E-state index is 0.257. The van der Waals surface area contributed by atoms with Crippen LogP contribution in [0.15, 0.2) is 23.6 Å². The molecular weight excluding hydrogens is 440 g/mol. The number of aromatic nitrogens is 2. The molecule has 0 bridgehead atoms. The SMILES string of the molecule is COc1cc(C)c2nc(-c3nc(C(F)(F)F)cs3)cc(I)c2c1. The molecule has 1 aromatic carbocycles. The van der Waals surface area contributed by atoms with E-state index in [4.69, 9.17) is 4.74 Å². The van der Waals surface area contributed by atoms with E-state index in [2.05, 4.69) is 32.6 Å². The Morgan fingerprint density at radius 3 is 2.52 bits per heavy atom. The largest absolute Gasteiger partial charge is 0.497 e. The van der Waals surface area contributed by atoms with Gasteiger partial charge in [-0.3, -0.25) is 0 Å². The number of rotatable bonds is 2. The third kappa shape index (κ3) is 3.14. The zero-order chi connectivity index (χ0) is 16.8. The Bertz CT molecular complexity index is 892. The summed E-state index contributed by atoms with van der Waals surface area (Å²) in [4.78, 5) is 8.16. The molecule has 0 fully saturated rings. The fourth-order valence-corrected chi connectivity index (χ4v) is 3.67. The molecule has 0 aliphatic rings. The van der Waals surface area contributed by atoms with Gasteiger partial charge in [-0.1, -0.05) is 0 Å². The molecule has 0 aliphatic carbocycles. The first kappa shape index (κ1) is 16.4. The Labute approximate surface area is 147 Å². The predicted molar refractivity (Wildman–Crippen MR) is 91.9 cm³/mol. The molecule has 8 heteroatoms. The molecule has 3 nitrogen and oxygen atoms in total. The maximum absolute atomic E-state index is 12.7. The van der Waals surface area contributed by atoms with Crippen molar-refractivity contribution in [2.24, 2.45) is 0 Å². The molecule has 0 saturated heterocycles. The van der Waals surface area contributed by atoms with Crippen molar-refractivity contribution < 1.29 is 17.9 Å². The van der Waals surface area contributed by atoms with Gasteiger partial charge in [0.25, 0.3) is 0 Å². The quantitative estimate of drug-likeness (QED) is 0.498. The Morgan fingerprint density at radius 1 is 1.17 bits per heavy atom. The van der Waals surface area contributed by atoms with Crippen LogP contribution < -0.4 is 4.74 Å². The lowest BCUT2D eigenvalue weighted by Gasteiger charge is -2.09. The molecule has 0 saturated carbocycles. The van der Waals surface area contributed by atoms with E-state index in [1.807, 2.05) is 19.1 Å². The van der Waals surface area contributed by atoms with Gasteiger partial charge in [-0.25, -0.2) is 9.97 Å². The normalized spacial score (nSPS) is 11.9. The number of ether oxygens (including phenoxy) is 1. The number of alkyl halides is 3. The standard InChI is InChI=1S/C15H10F3IN2OS/c1-7-3-8(22-2)4-9-10(19)5-11(20-13(7)9)14-21-12(6-23-14)15(16,17)18/h3-6H,1-2H3. The van der Waals surface area contributed by atoms with Crippen LogP contribution in [0.3, 0.4) is 0 Å². The number of nitrogens with zero attached hydrogens (tertiary/aromatic N) is 2. The van der Waals surface area contributed by atoms with Crippen molar-refractivity contribution >= 4 is 44.8 Å². The van der Waals surface area contributed by atoms with E-state index in [1.54, 1.807) is 13.2 Å². The summed E-state index contributed by atoms with van der Waals surface area (Å²) >= 11 is 3.08. The molecule has 0 aliphatic heterocycles. The van der Waals surface area contributed by atoms with Crippen molar-refractivity contribution in [3.63, 3.8) is 0 Å². The topological polar surface area (TPSA) is 35.0 Å². The fourth-order valence-electron chi connectivity index (χ4n) is 2.18. The van der Waals surface area contributed by atoms with E-state index < -0.39 is 11.9 Å². The highest BCUT2D eigenvalue weighted by atomic mass is 127. The molecule has 0 amide bonds. The fraction of sp³-hybridized carbons (Fsp3) is 0.200. The number of halogens is 4. The second-order valence-electron chi connectivity index (χ2n) is 4.87. The number of fused-ring (bicyclic) bond motifs is 1. The third-order valence-electron chi connectivity index (χ3n) is 3.28. The summed E-state index contributed by atoms with van der Waals surface area (Å²) in [5.74, 6) is 0.719. The first-order valence-electron chi connectivity index (χ1n) is 6.47. The van der Waals surface area contributed by atoms with Crippen LogP contribution in [0.4, 0.5) is 13.2 Å². The van der Waals surface area contributed by atoms with Crippen molar-refractivity contribution in [1.82, 2.24) is 9.97 Å². The van der Waals surface area contributed by atoms with E-state index in [0.717, 1.165) is 42.5 Å². The number of hydrogen-bond acceptors (Lipinski definition) is 4. The Balaban J connectivity index is 2.16. The van der Waals surface area contributed by atoms with Gasteiger partial charge >= 0.3 is 6.18 Å². The Hall–Kier alpha value is -1.42. The van der Waals surface area contributed by atoms with Crippen molar-refractivity contribution in [1.29, 1.82) is 0 Å². The highest BCUT2D eigenvalue weighted by Crippen LogP contribution is 2.35. The first-order valence-corrected chi connectivity index (χ1v) is 8.43. The van der Waals surface area contributed by atoms with Crippen LogP contribution >= 0.6 is 33.9 Å². The summed E-state index contributed by atoms with van der Waals surface area (Å²) < 4.78 is 44.2. The van der Waals surface area contributed by atoms with Gasteiger partial charge in [-0.2, -0.15) is 13.2 Å². The summed E-state index contributed by atoms with van der Waals surface area (Å²) in [5.41, 5.74) is 1.18. The first-order chi connectivity index (χ1) is 10.8. The lowest BCUT2D eigenvalue weighted by atomic mass is 10.1. The molecule has 3 rings (SSSR count). The summed E-state index contributed by atoms with van der Waals surface area (Å²) in [6, 6.07) is 5.45.